The SMILES string of the molecule is CC1(C)Cc2cccc(OCC(=O)Nc3nnc(C4CC4)s3)c2O1. The average molecular weight is 345 g/mol. The van der Waals surface area contributed by atoms with Gasteiger partial charge in [-0.15, -0.1) is 10.2 Å². The van der Waals surface area contributed by atoms with Crippen LogP contribution in [0.25, 0.3) is 0 Å². The summed E-state index contributed by atoms with van der Waals surface area (Å²) in [7, 11) is 0. The van der Waals surface area contributed by atoms with Gasteiger partial charge in [0.05, 0.1) is 0 Å². The number of amides is 1. The van der Waals surface area contributed by atoms with E-state index in [9.17, 15) is 4.79 Å². The van der Waals surface area contributed by atoms with Crippen LogP contribution in [-0.4, -0.2) is 28.3 Å². The van der Waals surface area contributed by atoms with Gasteiger partial charge >= 0.3 is 0 Å². The average Bonchev–Trinajstić information content (AvgIpc) is 3.18. The summed E-state index contributed by atoms with van der Waals surface area (Å²) in [6.45, 7) is 3.99. The first-order valence-corrected chi connectivity index (χ1v) is 8.89. The predicted octanol–water partition coefficient (Wildman–Crippen LogP) is 3.15. The number of para-hydroxylation sites is 1. The van der Waals surface area contributed by atoms with Crippen LogP contribution in [0, 0.1) is 0 Å². The van der Waals surface area contributed by atoms with Gasteiger partial charge in [-0.3, -0.25) is 10.1 Å². The number of benzene rings is 1. The Hall–Kier alpha value is -2.15. The lowest BCUT2D eigenvalue weighted by atomic mass is 10.0. The molecule has 1 amide bonds. The summed E-state index contributed by atoms with van der Waals surface area (Å²) in [5.74, 6) is 1.63. The highest BCUT2D eigenvalue weighted by Crippen LogP contribution is 2.42. The van der Waals surface area contributed by atoms with Crippen LogP contribution < -0.4 is 14.8 Å². The zero-order chi connectivity index (χ0) is 16.7. The molecule has 1 N–H and O–H groups in total. The number of nitrogens with one attached hydrogen (secondary N) is 1. The van der Waals surface area contributed by atoms with Crippen LogP contribution in [0.5, 0.6) is 11.5 Å². The second-order valence-electron chi connectivity index (χ2n) is 6.84. The number of rotatable bonds is 5. The van der Waals surface area contributed by atoms with E-state index in [0.29, 0.717) is 16.8 Å². The number of hydrogen-bond acceptors (Lipinski definition) is 6. The first-order valence-electron chi connectivity index (χ1n) is 8.07. The maximum Gasteiger partial charge on any atom is 0.264 e. The number of fused-ring (bicyclic) bond motifs is 1. The van der Waals surface area contributed by atoms with Gasteiger partial charge in [-0.2, -0.15) is 0 Å². The van der Waals surface area contributed by atoms with Gasteiger partial charge in [0.1, 0.15) is 10.6 Å². The van der Waals surface area contributed by atoms with E-state index in [-0.39, 0.29) is 18.1 Å². The first kappa shape index (κ1) is 15.4. The molecule has 7 heteroatoms. The lowest BCUT2D eigenvalue weighted by Gasteiger charge is -2.18. The first-order chi connectivity index (χ1) is 11.5. The number of carbonyl (C=O) groups is 1. The molecule has 2 heterocycles. The molecule has 0 atom stereocenters. The second-order valence-corrected chi connectivity index (χ2v) is 7.85. The zero-order valence-electron chi connectivity index (χ0n) is 13.7. The number of aromatic nitrogens is 2. The zero-order valence-corrected chi connectivity index (χ0v) is 14.5. The third-order valence-electron chi connectivity index (χ3n) is 4.03. The highest BCUT2D eigenvalue weighted by Gasteiger charge is 2.32. The molecule has 1 saturated carbocycles. The fraction of sp³-hybridized carbons (Fsp3) is 0.471. The summed E-state index contributed by atoms with van der Waals surface area (Å²) >= 11 is 1.44. The monoisotopic (exact) mass is 345 g/mol. The highest BCUT2D eigenvalue weighted by molar-refractivity contribution is 7.15. The second kappa shape index (κ2) is 5.73. The lowest BCUT2D eigenvalue weighted by Crippen LogP contribution is -2.25. The Morgan fingerprint density at radius 1 is 1.42 bits per heavy atom. The minimum atomic E-state index is -0.247. The van der Waals surface area contributed by atoms with Crippen LogP contribution in [-0.2, 0) is 11.2 Å². The Labute approximate surface area is 144 Å². The van der Waals surface area contributed by atoms with Crippen molar-refractivity contribution < 1.29 is 14.3 Å². The third kappa shape index (κ3) is 3.21. The number of anilines is 1. The topological polar surface area (TPSA) is 73.3 Å². The molecule has 1 fully saturated rings. The van der Waals surface area contributed by atoms with Crippen LogP contribution in [0.3, 0.4) is 0 Å². The smallest absolute Gasteiger partial charge is 0.264 e. The van der Waals surface area contributed by atoms with Crippen LogP contribution in [0.4, 0.5) is 5.13 Å². The van der Waals surface area contributed by atoms with Crippen molar-refractivity contribution in [2.24, 2.45) is 0 Å². The Morgan fingerprint density at radius 3 is 3.04 bits per heavy atom. The van der Waals surface area contributed by atoms with Crippen LogP contribution in [0.1, 0.15) is 43.2 Å². The van der Waals surface area contributed by atoms with Gasteiger partial charge in [0.25, 0.3) is 5.91 Å². The van der Waals surface area contributed by atoms with Gasteiger partial charge < -0.3 is 9.47 Å². The molecule has 0 radical (unpaired) electrons. The molecule has 1 aliphatic carbocycles. The quantitative estimate of drug-likeness (QED) is 0.901. The Balaban J connectivity index is 1.37. The highest BCUT2D eigenvalue weighted by atomic mass is 32.1. The van der Waals surface area contributed by atoms with Crippen molar-refractivity contribution in [2.45, 2.75) is 44.6 Å². The summed E-state index contributed by atoms with van der Waals surface area (Å²) < 4.78 is 11.6. The molecular formula is C17H19N3O3S. The molecule has 6 nitrogen and oxygen atoms in total. The van der Waals surface area contributed by atoms with E-state index < -0.39 is 0 Å². The largest absolute Gasteiger partial charge is 0.483 e. The van der Waals surface area contributed by atoms with Crippen molar-refractivity contribution in [1.29, 1.82) is 0 Å². The molecule has 1 aromatic heterocycles. The summed E-state index contributed by atoms with van der Waals surface area (Å²) in [4.78, 5) is 12.1. The Morgan fingerprint density at radius 2 is 2.25 bits per heavy atom. The molecule has 0 unspecified atom stereocenters. The molecule has 0 spiro atoms. The number of carbonyl (C=O) groups excluding carboxylic acids is 1. The van der Waals surface area contributed by atoms with E-state index in [1.165, 1.54) is 24.2 Å². The van der Waals surface area contributed by atoms with Crippen molar-refractivity contribution in [1.82, 2.24) is 10.2 Å². The van der Waals surface area contributed by atoms with Crippen LogP contribution in [0.2, 0.25) is 0 Å². The number of ether oxygens (including phenoxy) is 2. The Kier molecular flexibility index (Phi) is 3.68. The van der Waals surface area contributed by atoms with Gasteiger partial charge in [-0.05, 0) is 32.8 Å². The summed E-state index contributed by atoms with van der Waals surface area (Å²) in [5, 5.41) is 12.4. The van der Waals surface area contributed by atoms with E-state index >= 15 is 0 Å². The molecule has 1 aromatic carbocycles. The molecule has 2 aromatic rings. The van der Waals surface area contributed by atoms with Gasteiger partial charge in [0.15, 0.2) is 18.1 Å². The predicted molar refractivity (Wildman–Crippen MR) is 90.9 cm³/mol. The standard InChI is InChI=1S/C17H19N3O3S/c1-17(2)8-11-4-3-5-12(14(11)23-17)22-9-13(21)18-16-20-19-15(24-16)10-6-7-10/h3-5,10H,6-9H2,1-2H3,(H,18,20,21). The Bertz CT molecular complexity index is 783. The minimum Gasteiger partial charge on any atom is -0.483 e. The maximum absolute atomic E-state index is 12.1. The van der Waals surface area contributed by atoms with E-state index in [1.807, 2.05) is 32.0 Å². The van der Waals surface area contributed by atoms with E-state index in [2.05, 4.69) is 15.5 Å². The molecule has 0 bridgehead atoms. The van der Waals surface area contributed by atoms with E-state index in [4.69, 9.17) is 9.47 Å². The summed E-state index contributed by atoms with van der Waals surface area (Å²) in [6.07, 6.45) is 3.17. The fourth-order valence-electron chi connectivity index (χ4n) is 2.78. The van der Waals surface area contributed by atoms with Crippen molar-refractivity contribution >= 4 is 22.4 Å². The molecule has 2 aliphatic rings. The molecule has 4 rings (SSSR count). The fourth-order valence-corrected chi connectivity index (χ4v) is 3.71. The van der Waals surface area contributed by atoms with Gasteiger partial charge in [-0.1, -0.05) is 23.5 Å². The molecule has 0 saturated heterocycles. The number of hydrogen-bond donors (Lipinski definition) is 1. The molecule has 24 heavy (non-hydrogen) atoms. The third-order valence-corrected chi connectivity index (χ3v) is 5.03. The summed E-state index contributed by atoms with van der Waals surface area (Å²) in [6, 6.07) is 5.77. The van der Waals surface area contributed by atoms with Crippen molar-refractivity contribution in [2.75, 3.05) is 11.9 Å². The van der Waals surface area contributed by atoms with Crippen LogP contribution in [0.15, 0.2) is 18.2 Å². The van der Waals surface area contributed by atoms with Crippen molar-refractivity contribution in [3.05, 3.63) is 28.8 Å². The molecule has 126 valence electrons. The van der Waals surface area contributed by atoms with Crippen molar-refractivity contribution in [3.63, 3.8) is 0 Å². The lowest BCUT2D eigenvalue weighted by molar-refractivity contribution is -0.118. The van der Waals surface area contributed by atoms with Gasteiger partial charge in [0.2, 0.25) is 5.13 Å². The number of nitrogens with zero attached hydrogens (tertiary/aromatic N) is 2. The van der Waals surface area contributed by atoms with E-state index in [1.54, 1.807) is 0 Å². The van der Waals surface area contributed by atoms with Gasteiger partial charge in [0, 0.05) is 17.9 Å². The van der Waals surface area contributed by atoms with Gasteiger partial charge in [-0.25, -0.2) is 0 Å². The molecule has 1 aliphatic heterocycles. The van der Waals surface area contributed by atoms with Crippen LogP contribution >= 0.6 is 11.3 Å². The summed E-state index contributed by atoms with van der Waals surface area (Å²) in [5.41, 5.74) is 0.867. The van der Waals surface area contributed by atoms with E-state index in [0.717, 1.165) is 22.7 Å². The normalized spacial score (nSPS) is 17.9. The molecular weight excluding hydrogens is 326 g/mol. The van der Waals surface area contributed by atoms with Crippen molar-refractivity contribution in [3.8, 4) is 11.5 Å². The minimum absolute atomic E-state index is 0.0847. The maximum atomic E-state index is 12.1.